The van der Waals surface area contributed by atoms with E-state index in [0.29, 0.717) is 12.2 Å². The van der Waals surface area contributed by atoms with Crippen molar-refractivity contribution in [1.29, 1.82) is 0 Å². The summed E-state index contributed by atoms with van der Waals surface area (Å²) in [6, 6.07) is 8.00. The molecule has 158 valence electrons. The second-order valence-corrected chi connectivity index (χ2v) is 7.79. The lowest BCUT2D eigenvalue weighted by Gasteiger charge is -2.24. The van der Waals surface area contributed by atoms with Crippen molar-refractivity contribution in [2.45, 2.75) is 52.1 Å². The zero-order valence-electron chi connectivity index (χ0n) is 17.7. The molecule has 1 aromatic heterocycles. The lowest BCUT2D eigenvalue weighted by molar-refractivity contribution is -0.116. The number of hydrogen-bond donors (Lipinski definition) is 2. The van der Waals surface area contributed by atoms with Crippen molar-refractivity contribution in [2.24, 2.45) is 0 Å². The van der Waals surface area contributed by atoms with E-state index in [1.165, 1.54) is 0 Å². The highest BCUT2D eigenvalue weighted by molar-refractivity contribution is 5.93. The summed E-state index contributed by atoms with van der Waals surface area (Å²) in [5.74, 6) is 1.48. The number of fused-ring (bicyclic) bond motifs is 1. The van der Waals surface area contributed by atoms with Crippen LogP contribution in [0, 0.1) is 0 Å². The van der Waals surface area contributed by atoms with Gasteiger partial charge in [-0.2, -0.15) is 0 Å². The standard InChI is InChI=1S/C23H34N4O2/c1-3-12-27(13-4-2)14-9-23(28)26-22-16-19-15-21(6-5-18(19)17-25-22)29-20-7-10-24-11-8-20/h5-6,15-17,20,24H,3-4,7-14H2,1-2H3,(H,25,26,28). The van der Waals surface area contributed by atoms with Crippen LogP contribution >= 0.6 is 0 Å². The number of aromatic nitrogens is 1. The summed E-state index contributed by atoms with van der Waals surface area (Å²) in [7, 11) is 0. The number of nitrogens with zero attached hydrogens (tertiary/aromatic N) is 2. The number of carbonyl (C=O) groups is 1. The number of nitrogens with one attached hydrogen (secondary N) is 2. The summed E-state index contributed by atoms with van der Waals surface area (Å²) < 4.78 is 6.14. The summed E-state index contributed by atoms with van der Waals surface area (Å²) in [5.41, 5.74) is 0. The number of piperidine rings is 1. The minimum atomic E-state index is 0.0103. The molecule has 1 amide bonds. The van der Waals surface area contributed by atoms with Crippen LogP contribution in [0.3, 0.4) is 0 Å². The van der Waals surface area contributed by atoms with E-state index in [1.807, 2.05) is 24.3 Å². The molecule has 2 N–H and O–H groups in total. The Morgan fingerprint density at radius 2 is 1.90 bits per heavy atom. The van der Waals surface area contributed by atoms with Crippen LogP contribution in [0.5, 0.6) is 5.75 Å². The van der Waals surface area contributed by atoms with Gasteiger partial charge in [0.05, 0.1) is 0 Å². The number of carbonyl (C=O) groups excluding carboxylic acids is 1. The number of pyridine rings is 1. The Labute approximate surface area is 174 Å². The van der Waals surface area contributed by atoms with Crippen molar-refractivity contribution in [3.63, 3.8) is 0 Å². The molecule has 0 atom stereocenters. The van der Waals surface area contributed by atoms with Crippen molar-refractivity contribution in [3.05, 3.63) is 30.5 Å². The Hall–Kier alpha value is -2.18. The molecule has 6 heteroatoms. The van der Waals surface area contributed by atoms with Gasteiger partial charge in [0.1, 0.15) is 17.7 Å². The fraction of sp³-hybridized carbons (Fsp3) is 0.565. The molecule has 0 aliphatic carbocycles. The van der Waals surface area contributed by atoms with Gasteiger partial charge in [-0.15, -0.1) is 0 Å². The summed E-state index contributed by atoms with van der Waals surface area (Å²) in [6.45, 7) is 9.22. The van der Waals surface area contributed by atoms with Gasteiger partial charge >= 0.3 is 0 Å². The number of benzene rings is 1. The third-order valence-corrected chi connectivity index (χ3v) is 5.28. The van der Waals surface area contributed by atoms with E-state index in [-0.39, 0.29) is 12.0 Å². The molecule has 2 aromatic rings. The van der Waals surface area contributed by atoms with Gasteiger partial charge in [-0.25, -0.2) is 4.98 Å². The van der Waals surface area contributed by atoms with Crippen molar-refractivity contribution in [1.82, 2.24) is 15.2 Å². The SMILES string of the molecule is CCCN(CCC)CCC(=O)Nc1cc2cc(OC3CCNCC3)ccc2cn1. The van der Waals surface area contributed by atoms with Gasteiger partial charge in [0.2, 0.25) is 5.91 Å². The van der Waals surface area contributed by atoms with Gasteiger partial charge in [0, 0.05) is 24.5 Å². The highest BCUT2D eigenvalue weighted by atomic mass is 16.5. The summed E-state index contributed by atoms with van der Waals surface area (Å²) in [4.78, 5) is 19.1. The molecule has 3 rings (SSSR count). The molecule has 1 aliphatic heterocycles. The van der Waals surface area contributed by atoms with Crippen molar-refractivity contribution >= 4 is 22.5 Å². The van der Waals surface area contributed by atoms with E-state index in [1.54, 1.807) is 6.20 Å². The second-order valence-electron chi connectivity index (χ2n) is 7.79. The highest BCUT2D eigenvalue weighted by Crippen LogP contribution is 2.24. The smallest absolute Gasteiger partial charge is 0.226 e. The van der Waals surface area contributed by atoms with Gasteiger partial charge < -0.3 is 20.3 Å². The minimum Gasteiger partial charge on any atom is -0.490 e. The van der Waals surface area contributed by atoms with Crippen LogP contribution in [0.25, 0.3) is 10.8 Å². The van der Waals surface area contributed by atoms with Crippen LogP contribution < -0.4 is 15.4 Å². The Morgan fingerprint density at radius 3 is 2.62 bits per heavy atom. The highest BCUT2D eigenvalue weighted by Gasteiger charge is 2.15. The van der Waals surface area contributed by atoms with Crippen LogP contribution in [0.1, 0.15) is 46.0 Å². The third-order valence-electron chi connectivity index (χ3n) is 5.28. The molecule has 2 heterocycles. The zero-order chi connectivity index (χ0) is 20.5. The quantitative estimate of drug-likeness (QED) is 0.637. The molecule has 1 aromatic carbocycles. The lowest BCUT2D eigenvalue weighted by Crippen LogP contribution is -2.34. The fourth-order valence-electron chi connectivity index (χ4n) is 3.80. The van der Waals surface area contributed by atoms with Crippen LogP contribution in [0.4, 0.5) is 5.82 Å². The molecule has 0 radical (unpaired) electrons. The normalized spacial score (nSPS) is 15.0. The summed E-state index contributed by atoms with van der Waals surface area (Å²) >= 11 is 0. The summed E-state index contributed by atoms with van der Waals surface area (Å²) in [6.07, 6.45) is 6.83. The molecular weight excluding hydrogens is 364 g/mol. The Kier molecular flexibility index (Phi) is 8.25. The van der Waals surface area contributed by atoms with E-state index >= 15 is 0 Å². The maximum Gasteiger partial charge on any atom is 0.226 e. The van der Waals surface area contributed by atoms with Crippen molar-refractivity contribution in [3.8, 4) is 5.75 Å². The monoisotopic (exact) mass is 398 g/mol. The van der Waals surface area contributed by atoms with Crippen LogP contribution in [-0.4, -0.2) is 54.6 Å². The van der Waals surface area contributed by atoms with Gasteiger partial charge in [-0.05, 0) is 81.5 Å². The molecular formula is C23H34N4O2. The number of rotatable bonds is 10. The van der Waals surface area contributed by atoms with Crippen molar-refractivity contribution < 1.29 is 9.53 Å². The average Bonchev–Trinajstić information content (AvgIpc) is 2.73. The zero-order valence-corrected chi connectivity index (χ0v) is 17.7. The first-order valence-corrected chi connectivity index (χ1v) is 11.0. The maximum absolute atomic E-state index is 12.4. The first-order chi connectivity index (χ1) is 14.2. The van der Waals surface area contributed by atoms with Gasteiger partial charge in [-0.1, -0.05) is 13.8 Å². The Balaban J connectivity index is 1.59. The molecule has 1 aliphatic rings. The van der Waals surface area contributed by atoms with Gasteiger partial charge in [0.25, 0.3) is 0 Å². The second kappa shape index (κ2) is 11.1. The molecule has 0 saturated carbocycles. The third kappa shape index (κ3) is 6.68. The molecule has 0 spiro atoms. The minimum absolute atomic E-state index is 0.0103. The Bertz CT molecular complexity index is 784. The van der Waals surface area contributed by atoms with E-state index in [4.69, 9.17) is 4.74 Å². The molecule has 29 heavy (non-hydrogen) atoms. The Morgan fingerprint density at radius 1 is 1.14 bits per heavy atom. The van der Waals surface area contributed by atoms with E-state index in [9.17, 15) is 4.79 Å². The molecule has 1 fully saturated rings. The molecule has 6 nitrogen and oxygen atoms in total. The molecule has 0 unspecified atom stereocenters. The van der Waals surface area contributed by atoms with E-state index in [0.717, 1.165) is 74.9 Å². The van der Waals surface area contributed by atoms with Crippen LogP contribution in [0.2, 0.25) is 0 Å². The molecule has 0 bridgehead atoms. The number of amides is 1. The first kappa shape index (κ1) is 21.5. The first-order valence-electron chi connectivity index (χ1n) is 11.0. The van der Waals surface area contributed by atoms with E-state index in [2.05, 4.69) is 34.4 Å². The van der Waals surface area contributed by atoms with E-state index < -0.39 is 0 Å². The fourth-order valence-corrected chi connectivity index (χ4v) is 3.80. The predicted molar refractivity (Wildman–Crippen MR) is 119 cm³/mol. The predicted octanol–water partition coefficient (Wildman–Crippen LogP) is 3.82. The topological polar surface area (TPSA) is 66.5 Å². The van der Waals surface area contributed by atoms with Crippen LogP contribution in [0.15, 0.2) is 30.5 Å². The average molecular weight is 399 g/mol. The number of ether oxygens (including phenoxy) is 1. The van der Waals surface area contributed by atoms with Crippen molar-refractivity contribution in [2.75, 3.05) is 38.0 Å². The van der Waals surface area contributed by atoms with Gasteiger partial charge in [0.15, 0.2) is 0 Å². The molecule has 1 saturated heterocycles. The lowest BCUT2D eigenvalue weighted by atomic mass is 10.1. The van der Waals surface area contributed by atoms with Gasteiger partial charge in [-0.3, -0.25) is 4.79 Å². The number of hydrogen-bond acceptors (Lipinski definition) is 5. The van der Waals surface area contributed by atoms with Crippen LogP contribution in [-0.2, 0) is 4.79 Å². The number of anilines is 1. The maximum atomic E-state index is 12.4. The largest absolute Gasteiger partial charge is 0.490 e. The summed E-state index contributed by atoms with van der Waals surface area (Å²) in [5, 5.41) is 8.37.